The van der Waals surface area contributed by atoms with Gasteiger partial charge >= 0.3 is 0 Å². The summed E-state index contributed by atoms with van der Waals surface area (Å²) in [5.74, 6) is 0.106. The number of carbonyl (C=O) groups is 2. The molecule has 0 radical (unpaired) electrons. The molecule has 7 nitrogen and oxygen atoms in total. The average molecular weight is 465 g/mol. The number of halogens is 1. The van der Waals surface area contributed by atoms with Crippen molar-refractivity contribution in [1.82, 2.24) is 4.98 Å². The normalized spacial score (nSPS) is 11.1. The second-order valence-corrected chi connectivity index (χ2v) is 7.20. The van der Waals surface area contributed by atoms with Gasteiger partial charge in [-0.25, -0.2) is 4.98 Å². The lowest BCUT2D eigenvalue weighted by atomic mass is 10.2. The highest BCUT2D eigenvalue weighted by Gasteiger charge is 2.16. The number of benzene rings is 2. The first kappa shape index (κ1) is 21.0. The van der Waals surface area contributed by atoms with Crippen LogP contribution in [-0.4, -0.2) is 22.9 Å². The maximum absolute atomic E-state index is 12.5. The van der Waals surface area contributed by atoms with Gasteiger partial charge in [-0.3, -0.25) is 9.59 Å². The number of nitriles is 1. The molecular weight excluding hydrogens is 448 g/mol. The van der Waals surface area contributed by atoms with Gasteiger partial charge in [0.1, 0.15) is 11.6 Å². The van der Waals surface area contributed by atoms with E-state index in [1.165, 1.54) is 0 Å². The summed E-state index contributed by atoms with van der Waals surface area (Å²) in [6.45, 7) is 1.60. The summed E-state index contributed by atoms with van der Waals surface area (Å²) in [4.78, 5) is 29.0. The van der Waals surface area contributed by atoms with Crippen molar-refractivity contribution < 1.29 is 14.3 Å². The fourth-order valence-corrected chi connectivity index (χ4v) is 2.75. The summed E-state index contributed by atoms with van der Waals surface area (Å²) >= 11 is 3.29. The summed E-state index contributed by atoms with van der Waals surface area (Å²) in [6, 6.07) is 18.6. The molecule has 150 valence electrons. The van der Waals surface area contributed by atoms with E-state index in [2.05, 4.69) is 31.5 Å². The molecule has 30 heavy (non-hydrogen) atoms. The minimum Gasteiger partial charge on any atom is -0.481 e. The van der Waals surface area contributed by atoms with Crippen LogP contribution in [0.1, 0.15) is 22.8 Å². The SMILES string of the molecule is CC(Oc1cccc(C#N)c1)C(=O)Nc1cccc(C(=O)Nc2ccc(Br)cn2)c1. The zero-order chi connectivity index (χ0) is 21.5. The van der Waals surface area contributed by atoms with Crippen LogP contribution in [-0.2, 0) is 4.79 Å². The number of hydrogen-bond donors (Lipinski definition) is 2. The molecule has 1 atom stereocenters. The molecule has 0 saturated carbocycles. The molecule has 0 saturated heterocycles. The Bertz CT molecular complexity index is 1110. The third-order valence-corrected chi connectivity index (χ3v) is 4.48. The van der Waals surface area contributed by atoms with Crippen molar-refractivity contribution in [2.75, 3.05) is 10.6 Å². The fraction of sp³-hybridized carbons (Fsp3) is 0.0909. The minimum absolute atomic E-state index is 0.349. The summed E-state index contributed by atoms with van der Waals surface area (Å²) in [7, 11) is 0. The number of amides is 2. The van der Waals surface area contributed by atoms with Gasteiger partial charge in [0.05, 0.1) is 11.6 Å². The van der Waals surface area contributed by atoms with Crippen LogP contribution in [0, 0.1) is 11.3 Å². The van der Waals surface area contributed by atoms with Crippen molar-refractivity contribution in [2.45, 2.75) is 13.0 Å². The number of nitrogens with one attached hydrogen (secondary N) is 2. The van der Waals surface area contributed by atoms with Gasteiger partial charge < -0.3 is 15.4 Å². The average Bonchev–Trinajstić information content (AvgIpc) is 2.75. The van der Waals surface area contributed by atoms with E-state index in [1.54, 1.807) is 73.8 Å². The summed E-state index contributed by atoms with van der Waals surface area (Å²) in [5, 5.41) is 14.4. The van der Waals surface area contributed by atoms with Crippen LogP contribution >= 0.6 is 15.9 Å². The van der Waals surface area contributed by atoms with Crippen LogP contribution in [0.15, 0.2) is 71.3 Å². The number of pyridine rings is 1. The molecule has 1 heterocycles. The third kappa shape index (κ3) is 5.65. The van der Waals surface area contributed by atoms with Crippen molar-refractivity contribution in [3.63, 3.8) is 0 Å². The van der Waals surface area contributed by atoms with E-state index in [0.717, 1.165) is 4.47 Å². The Hall–Kier alpha value is -3.70. The summed E-state index contributed by atoms with van der Waals surface area (Å²) < 4.78 is 6.41. The number of anilines is 2. The van der Waals surface area contributed by atoms with Crippen molar-refractivity contribution in [3.05, 3.63) is 82.5 Å². The van der Waals surface area contributed by atoms with E-state index in [4.69, 9.17) is 10.00 Å². The maximum atomic E-state index is 12.5. The van der Waals surface area contributed by atoms with Gasteiger partial charge in [-0.05, 0) is 71.4 Å². The van der Waals surface area contributed by atoms with Crippen molar-refractivity contribution in [1.29, 1.82) is 5.26 Å². The smallest absolute Gasteiger partial charge is 0.265 e. The molecule has 3 aromatic rings. The number of aromatic nitrogens is 1. The van der Waals surface area contributed by atoms with Crippen molar-refractivity contribution in [2.24, 2.45) is 0 Å². The number of ether oxygens (including phenoxy) is 1. The molecule has 0 fully saturated rings. The minimum atomic E-state index is -0.802. The number of nitrogens with zero attached hydrogens (tertiary/aromatic N) is 2. The molecular formula is C22H17BrN4O3. The Morgan fingerprint density at radius 3 is 2.63 bits per heavy atom. The van der Waals surface area contributed by atoms with Gasteiger partial charge in [0.2, 0.25) is 0 Å². The molecule has 0 aliphatic carbocycles. The van der Waals surface area contributed by atoms with Gasteiger partial charge in [-0.15, -0.1) is 0 Å². The fourth-order valence-electron chi connectivity index (χ4n) is 2.52. The van der Waals surface area contributed by atoms with Crippen LogP contribution < -0.4 is 15.4 Å². The van der Waals surface area contributed by atoms with Gasteiger partial charge in [0.25, 0.3) is 11.8 Å². The van der Waals surface area contributed by atoms with Gasteiger partial charge in [0, 0.05) is 21.9 Å². The Balaban J connectivity index is 1.63. The third-order valence-electron chi connectivity index (χ3n) is 4.01. The Morgan fingerprint density at radius 2 is 1.90 bits per heavy atom. The number of hydrogen-bond acceptors (Lipinski definition) is 5. The molecule has 8 heteroatoms. The van der Waals surface area contributed by atoms with Crippen molar-refractivity contribution in [3.8, 4) is 11.8 Å². The highest BCUT2D eigenvalue weighted by molar-refractivity contribution is 9.10. The molecule has 0 bridgehead atoms. The van der Waals surface area contributed by atoms with E-state index < -0.39 is 6.10 Å². The molecule has 0 aliphatic rings. The van der Waals surface area contributed by atoms with Crippen LogP contribution in [0.5, 0.6) is 5.75 Å². The van der Waals surface area contributed by atoms with E-state index in [0.29, 0.717) is 28.4 Å². The van der Waals surface area contributed by atoms with Crippen LogP contribution in [0.2, 0.25) is 0 Å². The zero-order valence-corrected chi connectivity index (χ0v) is 17.5. The van der Waals surface area contributed by atoms with Gasteiger partial charge in [0.15, 0.2) is 6.10 Å². The molecule has 1 unspecified atom stereocenters. The first-order valence-corrected chi connectivity index (χ1v) is 9.74. The van der Waals surface area contributed by atoms with Crippen molar-refractivity contribution >= 4 is 39.2 Å². The van der Waals surface area contributed by atoms with Crippen LogP contribution in [0.25, 0.3) is 0 Å². The van der Waals surface area contributed by atoms with Crippen LogP contribution in [0.3, 0.4) is 0 Å². The highest BCUT2D eigenvalue weighted by atomic mass is 79.9. The predicted octanol–water partition coefficient (Wildman–Crippen LogP) is 4.37. The quantitative estimate of drug-likeness (QED) is 0.563. The number of carbonyl (C=O) groups excluding carboxylic acids is 2. The Morgan fingerprint density at radius 1 is 1.10 bits per heavy atom. The lowest BCUT2D eigenvalue weighted by Crippen LogP contribution is -2.30. The number of rotatable bonds is 6. The first-order chi connectivity index (χ1) is 14.4. The highest BCUT2D eigenvalue weighted by Crippen LogP contribution is 2.17. The van der Waals surface area contributed by atoms with E-state index in [1.807, 2.05) is 6.07 Å². The first-order valence-electron chi connectivity index (χ1n) is 8.95. The van der Waals surface area contributed by atoms with Crippen LogP contribution in [0.4, 0.5) is 11.5 Å². The molecule has 3 rings (SSSR count). The molecule has 2 aromatic carbocycles. The largest absolute Gasteiger partial charge is 0.481 e. The molecule has 0 aliphatic heterocycles. The van der Waals surface area contributed by atoms with Gasteiger partial charge in [-0.1, -0.05) is 12.1 Å². The lowest BCUT2D eigenvalue weighted by molar-refractivity contribution is -0.122. The van der Waals surface area contributed by atoms with Gasteiger partial charge in [-0.2, -0.15) is 5.26 Å². The zero-order valence-electron chi connectivity index (χ0n) is 15.9. The predicted molar refractivity (Wildman–Crippen MR) is 116 cm³/mol. The monoisotopic (exact) mass is 464 g/mol. The topological polar surface area (TPSA) is 104 Å². The Kier molecular flexibility index (Phi) is 6.78. The van der Waals surface area contributed by atoms with E-state index in [9.17, 15) is 9.59 Å². The summed E-state index contributed by atoms with van der Waals surface area (Å²) in [5.41, 5.74) is 1.27. The Labute approximate surface area is 181 Å². The second-order valence-electron chi connectivity index (χ2n) is 6.29. The van der Waals surface area contributed by atoms with E-state index in [-0.39, 0.29) is 11.8 Å². The molecule has 2 N–H and O–H groups in total. The van der Waals surface area contributed by atoms with E-state index >= 15 is 0 Å². The standard InChI is InChI=1S/C22H17BrN4O3/c1-14(30-19-7-2-4-15(10-19)12-24)21(28)26-18-6-3-5-16(11-18)22(29)27-20-9-8-17(23)13-25-20/h2-11,13-14H,1H3,(H,26,28)(H,25,27,29). The second kappa shape index (κ2) is 9.67. The molecule has 0 spiro atoms. The maximum Gasteiger partial charge on any atom is 0.265 e. The summed E-state index contributed by atoms with van der Waals surface area (Å²) in [6.07, 6.45) is 0.781. The lowest BCUT2D eigenvalue weighted by Gasteiger charge is -2.15. The molecule has 1 aromatic heterocycles. The molecule has 2 amide bonds.